The number of carboxylic acids is 1. The molecule has 0 spiro atoms. The van der Waals surface area contributed by atoms with E-state index in [1.165, 1.54) is 0 Å². The van der Waals surface area contributed by atoms with Crippen LogP contribution in [0, 0.1) is 0 Å². The van der Waals surface area contributed by atoms with Crippen LogP contribution in [0.1, 0.15) is 12.0 Å². The van der Waals surface area contributed by atoms with Crippen LogP contribution in [0.3, 0.4) is 0 Å². The third-order valence-electron chi connectivity index (χ3n) is 2.73. The zero-order valence-corrected chi connectivity index (χ0v) is 9.97. The lowest BCUT2D eigenvalue weighted by Gasteiger charge is -2.11. The van der Waals surface area contributed by atoms with Crippen LogP contribution < -0.4 is 16.4 Å². The van der Waals surface area contributed by atoms with Crippen molar-refractivity contribution in [3.8, 4) is 0 Å². The third-order valence-corrected chi connectivity index (χ3v) is 2.73. The van der Waals surface area contributed by atoms with Gasteiger partial charge in [-0.25, -0.2) is 0 Å². The minimum absolute atomic E-state index is 0.0962. The van der Waals surface area contributed by atoms with E-state index in [2.05, 4.69) is 10.6 Å². The quantitative estimate of drug-likeness (QED) is 0.605. The van der Waals surface area contributed by atoms with E-state index in [1.807, 2.05) is 0 Å². The number of carbonyl (C=O) groups excluding carboxylic acids is 2. The second kappa shape index (κ2) is 5.07. The van der Waals surface area contributed by atoms with Crippen molar-refractivity contribution in [2.45, 2.75) is 18.9 Å². The van der Waals surface area contributed by atoms with Crippen molar-refractivity contribution < 1.29 is 19.5 Å². The number of anilines is 2. The molecule has 0 saturated carbocycles. The summed E-state index contributed by atoms with van der Waals surface area (Å²) in [6, 6.07) is 3.86. The Bertz CT molecular complexity index is 556. The highest BCUT2D eigenvalue weighted by atomic mass is 16.4. The molecule has 1 heterocycles. The van der Waals surface area contributed by atoms with Crippen molar-refractivity contribution >= 4 is 29.2 Å². The van der Waals surface area contributed by atoms with Gasteiger partial charge in [-0.3, -0.25) is 14.4 Å². The van der Waals surface area contributed by atoms with Crippen LogP contribution >= 0.6 is 0 Å². The van der Waals surface area contributed by atoms with Gasteiger partial charge in [0.15, 0.2) is 0 Å². The Hall–Kier alpha value is -2.41. The van der Waals surface area contributed by atoms with Crippen LogP contribution in [0.15, 0.2) is 18.2 Å². The summed E-state index contributed by atoms with van der Waals surface area (Å²) in [4.78, 5) is 33.3. The number of hydrogen-bond acceptors (Lipinski definition) is 4. The molecule has 1 aliphatic rings. The van der Waals surface area contributed by atoms with Gasteiger partial charge < -0.3 is 21.5 Å². The van der Waals surface area contributed by atoms with Crippen LogP contribution in [-0.4, -0.2) is 28.9 Å². The predicted octanol–water partition coefficient (Wildman–Crippen LogP) is -0.0783. The molecular formula is C12H13N3O4. The molecule has 1 aromatic carbocycles. The molecule has 5 N–H and O–H groups in total. The van der Waals surface area contributed by atoms with Crippen molar-refractivity contribution in [1.82, 2.24) is 0 Å². The Morgan fingerprint density at radius 3 is 2.89 bits per heavy atom. The van der Waals surface area contributed by atoms with Crippen molar-refractivity contribution in [2.75, 3.05) is 10.6 Å². The first kappa shape index (κ1) is 13.0. The molecule has 2 rings (SSSR count). The van der Waals surface area contributed by atoms with Gasteiger partial charge >= 0.3 is 5.97 Å². The van der Waals surface area contributed by atoms with Crippen LogP contribution in [-0.2, 0) is 20.8 Å². The molecule has 0 bridgehead atoms. The summed E-state index contributed by atoms with van der Waals surface area (Å²) in [6.45, 7) is 0. The lowest BCUT2D eigenvalue weighted by atomic mass is 10.1. The number of nitrogens with two attached hydrogens (primary N) is 1. The van der Waals surface area contributed by atoms with Crippen molar-refractivity contribution in [2.24, 2.45) is 5.73 Å². The number of fused-ring (bicyclic) bond motifs is 1. The molecule has 0 aliphatic carbocycles. The highest BCUT2D eigenvalue weighted by molar-refractivity contribution is 6.01. The maximum absolute atomic E-state index is 11.6. The van der Waals surface area contributed by atoms with Crippen LogP contribution in [0.2, 0.25) is 0 Å². The number of carboxylic acid groups (broad SMARTS) is 1. The average molecular weight is 263 g/mol. The minimum Gasteiger partial charge on any atom is -0.481 e. The number of rotatable bonds is 4. The van der Waals surface area contributed by atoms with Gasteiger partial charge in [0.05, 0.1) is 18.9 Å². The van der Waals surface area contributed by atoms with Gasteiger partial charge in [-0.1, -0.05) is 0 Å². The van der Waals surface area contributed by atoms with E-state index >= 15 is 0 Å². The van der Waals surface area contributed by atoms with Gasteiger partial charge in [0.1, 0.15) is 0 Å². The van der Waals surface area contributed by atoms with E-state index in [1.54, 1.807) is 18.2 Å². The first-order chi connectivity index (χ1) is 8.95. The SMILES string of the molecule is NC(CC(=O)O)C(=O)Nc1ccc2c(c1)CC(=O)N2. The normalized spacial score (nSPS) is 14.5. The summed E-state index contributed by atoms with van der Waals surface area (Å²) in [5.41, 5.74) is 7.44. The second-order valence-electron chi connectivity index (χ2n) is 4.29. The van der Waals surface area contributed by atoms with E-state index in [-0.39, 0.29) is 12.3 Å². The molecule has 7 nitrogen and oxygen atoms in total. The van der Waals surface area contributed by atoms with E-state index in [9.17, 15) is 14.4 Å². The topological polar surface area (TPSA) is 122 Å². The molecule has 0 saturated heterocycles. The molecule has 1 unspecified atom stereocenters. The molecule has 0 fully saturated rings. The van der Waals surface area contributed by atoms with Crippen LogP contribution in [0.4, 0.5) is 11.4 Å². The summed E-state index contributed by atoms with van der Waals surface area (Å²) in [6.07, 6.45) is -0.170. The molecule has 0 aromatic heterocycles. The second-order valence-corrected chi connectivity index (χ2v) is 4.29. The first-order valence-electron chi connectivity index (χ1n) is 5.66. The van der Waals surface area contributed by atoms with Crippen LogP contribution in [0.25, 0.3) is 0 Å². The van der Waals surface area contributed by atoms with E-state index in [0.717, 1.165) is 11.3 Å². The Kier molecular flexibility index (Phi) is 3.48. The Morgan fingerprint density at radius 1 is 1.47 bits per heavy atom. The summed E-state index contributed by atoms with van der Waals surface area (Å²) in [5, 5.41) is 13.7. The van der Waals surface area contributed by atoms with Crippen molar-refractivity contribution in [1.29, 1.82) is 0 Å². The summed E-state index contributed by atoms with van der Waals surface area (Å²) >= 11 is 0. The zero-order valence-electron chi connectivity index (χ0n) is 9.97. The largest absolute Gasteiger partial charge is 0.481 e. The highest BCUT2D eigenvalue weighted by Crippen LogP contribution is 2.25. The van der Waals surface area contributed by atoms with Gasteiger partial charge in [-0.15, -0.1) is 0 Å². The van der Waals surface area contributed by atoms with Gasteiger partial charge in [0.25, 0.3) is 0 Å². The summed E-state index contributed by atoms with van der Waals surface area (Å²) < 4.78 is 0. The molecular weight excluding hydrogens is 250 g/mol. The van der Waals surface area contributed by atoms with E-state index < -0.39 is 24.3 Å². The standard InChI is InChI=1S/C12H13N3O4/c13-8(5-11(17)18)12(19)14-7-1-2-9-6(3-7)4-10(16)15-9/h1-3,8H,4-5,13H2,(H,14,19)(H,15,16)(H,17,18). The zero-order chi connectivity index (χ0) is 14.0. The Balaban J connectivity index is 2.04. The Labute approximate surface area is 108 Å². The molecule has 1 aromatic rings. The smallest absolute Gasteiger partial charge is 0.305 e. The average Bonchev–Trinajstić information content (AvgIpc) is 2.67. The molecule has 1 aliphatic heterocycles. The first-order valence-corrected chi connectivity index (χ1v) is 5.66. The maximum Gasteiger partial charge on any atom is 0.305 e. The van der Waals surface area contributed by atoms with E-state index in [4.69, 9.17) is 10.8 Å². The fraction of sp³-hybridized carbons (Fsp3) is 0.250. The summed E-state index contributed by atoms with van der Waals surface area (Å²) in [7, 11) is 0. The van der Waals surface area contributed by atoms with Crippen molar-refractivity contribution in [3.63, 3.8) is 0 Å². The molecule has 2 amide bonds. The van der Waals surface area contributed by atoms with E-state index in [0.29, 0.717) is 5.69 Å². The molecule has 19 heavy (non-hydrogen) atoms. The fourth-order valence-corrected chi connectivity index (χ4v) is 1.82. The number of nitrogens with one attached hydrogen (secondary N) is 2. The number of carbonyl (C=O) groups is 3. The van der Waals surface area contributed by atoms with Crippen molar-refractivity contribution in [3.05, 3.63) is 23.8 Å². The maximum atomic E-state index is 11.6. The number of amides is 2. The van der Waals surface area contributed by atoms with Crippen LogP contribution in [0.5, 0.6) is 0 Å². The predicted molar refractivity (Wildman–Crippen MR) is 67.6 cm³/mol. The summed E-state index contributed by atoms with van der Waals surface area (Å²) in [5.74, 6) is -1.80. The number of hydrogen-bond donors (Lipinski definition) is 4. The monoisotopic (exact) mass is 263 g/mol. The molecule has 7 heteroatoms. The van der Waals surface area contributed by atoms with Gasteiger partial charge in [0, 0.05) is 11.4 Å². The number of aliphatic carboxylic acids is 1. The highest BCUT2D eigenvalue weighted by Gasteiger charge is 2.20. The Morgan fingerprint density at radius 2 is 2.21 bits per heavy atom. The lowest BCUT2D eigenvalue weighted by Crippen LogP contribution is -2.37. The molecule has 100 valence electrons. The minimum atomic E-state index is -1.13. The fourth-order valence-electron chi connectivity index (χ4n) is 1.82. The third kappa shape index (κ3) is 3.08. The molecule has 0 radical (unpaired) electrons. The lowest BCUT2D eigenvalue weighted by molar-refractivity contribution is -0.138. The van der Waals surface area contributed by atoms with Gasteiger partial charge in [0.2, 0.25) is 11.8 Å². The molecule has 1 atom stereocenters. The number of benzene rings is 1. The van der Waals surface area contributed by atoms with Gasteiger partial charge in [-0.2, -0.15) is 0 Å². The van der Waals surface area contributed by atoms with Gasteiger partial charge in [-0.05, 0) is 23.8 Å².